The summed E-state index contributed by atoms with van der Waals surface area (Å²) in [7, 11) is -2.02. The van der Waals surface area contributed by atoms with Crippen molar-refractivity contribution in [2.45, 2.75) is 10.9 Å². The van der Waals surface area contributed by atoms with Gasteiger partial charge in [-0.25, -0.2) is 8.42 Å². The average molecular weight is 251 g/mol. The quantitative estimate of drug-likeness (QED) is 0.830. The Morgan fingerprint density at radius 3 is 2.59 bits per heavy atom. The van der Waals surface area contributed by atoms with E-state index >= 15 is 0 Å². The van der Waals surface area contributed by atoms with Crippen LogP contribution < -0.4 is 5.32 Å². The lowest BCUT2D eigenvalue weighted by atomic mass is 10.2. The fourth-order valence-corrected chi connectivity index (χ4v) is 3.16. The highest BCUT2D eigenvalue weighted by Crippen LogP contribution is 2.21. The fourth-order valence-electron chi connectivity index (χ4n) is 1.67. The van der Waals surface area contributed by atoms with Crippen LogP contribution in [0.3, 0.4) is 0 Å². The summed E-state index contributed by atoms with van der Waals surface area (Å²) in [6.45, 7) is 1.31. The lowest BCUT2D eigenvalue weighted by Gasteiger charge is -2.34. The van der Waals surface area contributed by atoms with Crippen LogP contribution in [-0.2, 0) is 10.0 Å². The van der Waals surface area contributed by atoms with Crippen LogP contribution >= 0.6 is 0 Å². The second kappa shape index (κ2) is 4.45. The first-order valence-corrected chi connectivity index (χ1v) is 6.69. The van der Waals surface area contributed by atoms with Crippen molar-refractivity contribution in [1.29, 1.82) is 5.26 Å². The van der Waals surface area contributed by atoms with Crippen LogP contribution in [0.2, 0.25) is 0 Å². The van der Waals surface area contributed by atoms with E-state index in [0.29, 0.717) is 13.1 Å². The Morgan fingerprint density at radius 1 is 1.41 bits per heavy atom. The van der Waals surface area contributed by atoms with Crippen molar-refractivity contribution < 1.29 is 8.42 Å². The molecule has 0 spiro atoms. The molecule has 1 saturated heterocycles. The van der Waals surface area contributed by atoms with E-state index in [2.05, 4.69) is 5.32 Å². The van der Waals surface area contributed by atoms with Crippen LogP contribution in [0.1, 0.15) is 5.56 Å². The van der Waals surface area contributed by atoms with E-state index in [-0.39, 0.29) is 16.5 Å². The summed E-state index contributed by atoms with van der Waals surface area (Å²) in [4.78, 5) is 0.0805. The molecule has 1 aliphatic rings. The Balaban J connectivity index is 2.41. The van der Waals surface area contributed by atoms with Crippen molar-refractivity contribution in [3.63, 3.8) is 0 Å². The van der Waals surface area contributed by atoms with Gasteiger partial charge in [-0.2, -0.15) is 9.57 Å². The van der Waals surface area contributed by atoms with Crippen LogP contribution in [0.15, 0.2) is 29.2 Å². The van der Waals surface area contributed by atoms with E-state index in [0.717, 1.165) is 0 Å². The van der Waals surface area contributed by atoms with E-state index in [1.807, 2.05) is 6.07 Å². The standard InChI is InChI=1S/C11H13N3O2S/c1-14(10-7-13-8-10)17(15,16)11-5-3-2-4-9(11)6-12/h2-5,10,13H,7-8H2,1H3. The Labute approximate surface area is 101 Å². The van der Waals surface area contributed by atoms with Gasteiger partial charge in [-0.15, -0.1) is 0 Å². The van der Waals surface area contributed by atoms with Gasteiger partial charge in [0.25, 0.3) is 0 Å². The predicted octanol–water partition coefficient (Wildman–Crippen LogP) is 0.151. The van der Waals surface area contributed by atoms with Gasteiger partial charge in [0, 0.05) is 26.2 Å². The molecule has 0 amide bonds. The highest BCUT2D eigenvalue weighted by Gasteiger charge is 2.32. The van der Waals surface area contributed by atoms with Gasteiger partial charge in [-0.1, -0.05) is 12.1 Å². The molecular formula is C11H13N3O2S. The Morgan fingerprint density at radius 2 is 2.06 bits per heavy atom. The minimum Gasteiger partial charge on any atom is -0.313 e. The molecule has 1 heterocycles. The molecule has 5 nitrogen and oxygen atoms in total. The van der Waals surface area contributed by atoms with Crippen molar-refractivity contribution in [2.75, 3.05) is 20.1 Å². The molecule has 0 bridgehead atoms. The first kappa shape index (κ1) is 12.0. The topological polar surface area (TPSA) is 73.2 Å². The number of sulfonamides is 1. The fraction of sp³-hybridized carbons (Fsp3) is 0.364. The lowest BCUT2D eigenvalue weighted by molar-refractivity contribution is 0.274. The molecule has 0 aliphatic carbocycles. The molecule has 0 saturated carbocycles. The third kappa shape index (κ3) is 2.05. The summed E-state index contributed by atoms with van der Waals surface area (Å²) in [6.07, 6.45) is 0. The number of benzene rings is 1. The highest BCUT2D eigenvalue weighted by atomic mass is 32.2. The second-order valence-corrected chi connectivity index (χ2v) is 5.91. The number of likely N-dealkylation sites (N-methyl/N-ethyl adjacent to an activating group) is 1. The van der Waals surface area contributed by atoms with Gasteiger partial charge in [0.15, 0.2) is 0 Å². The zero-order valence-electron chi connectivity index (χ0n) is 9.42. The summed E-state index contributed by atoms with van der Waals surface area (Å²) in [6, 6.07) is 8.15. The molecule has 6 heteroatoms. The van der Waals surface area contributed by atoms with Crippen LogP contribution in [0.4, 0.5) is 0 Å². The average Bonchev–Trinajstić information content (AvgIpc) is 2.26. The molecule has 90 valence electrons. The lowest BCUT2D eigenvalue weighted by Crippen LogP contribution is -2.57. The number of hydrogen-bond acceptors (Lipinski definition) is 4. The molecule has 2 rings (SSSR count). The molecular weight excluding hydrogens is 238 g/mol. The third-order valence-corrected chi connectivity index (χ3v) is 4.91. The smallest absolute Gasteiger partial charge is 0.244 e. The maximum atomic E-state index is 12.3. The normalized spacial score (nSPS) is 16.5. The van der Waals surface area contributed by atoms with Crippen molar-refractivity contribution >= 4 is 10.0 Å². The van der Waals surface area contributed by atoms with E-state index in [9.17, 15) is 8.42 Å². The van der Waals surface area contributed by atoms with Crippen LogP contribution in [-0.4, -0.2) is 38.9 Å². The molecule has 17 heavy (non-hydrogen) atoms. The van der Waals surface area contributed by atoms with Gasteiger partial charge >= 0.3 is 0 Å². The second-order valence-electron chi connectivity index (χ2n) is 3.94. The SMILES string of the molecule is CN(C1CNC1)S(=O)(=O)c1ccccc1C#N. The van der Waals surface area contributed by atoms with Gasteiger partial charge < -0.3 is 5.32 Å². The van der Waals surface area contributed by atoms with Crippen LogP contribution in [0.25, 0.3) is 0 Å². The van der Waals surface area contributed by atoms with Crippen molar-refractivity contribution in [3.8, 4) is 6.07 Å². The van der Waals surface area contributed by atoms with E-state index in [4.69, 9.17) is 5.26 Å². The zero-order chi connectivity index (χ0) is 12.5. The molecule has 0 atom stereocenters. The van der Waals surface area contributed by atoms with Crippen LogP contribution in [0.5, 0.6) is 0 Å². The highest BCUT2D eigenvalue weighted by molar-refractivity contribution is 7.89. The summed E-state index contributed by atoms with van der Waals surface area (Å²) in [5.41, 5.74) is 0.187. The summed E-state index contributed by atoms with van der Waals surface area (Å²) in [5, 5.41) is 12.0. The first-order valence-electron chi connectivity index (χ1n) is 5.25. The summed E-state index contributed by atoms with van der Waals surface area (Å²) < 4.78 is 25.9. The van der Waals surface area contributed by atoms with E-state index < -0.39 is 10.0 Å². The minimum atomic E-state index is -3.57. The third-order valence-electron chi connectivity index (χ3n) is 2.94. The molecule has 0 unspecified atom stereocenters. The van der Waals surface area contributed by atoms with Gasteiger partial charge in [0.05, 0.1) is 10.5 Å². The molecule has 0 radical (unpaired) electrons. The first-order chi connectivity index (χ1) is 8.07. The number of nitrogens with zero attached hydrogens (tertiary/aromatic N) is 2. The Hall–Kier alpha value is -1.42. The summed E-state index contributed by atoms with van der Waals surface area (Å²) in [5.74, 6) is 0. The molecule has 1 N–H and O–H groups in total. The number of hydrogen-bond donors (Lipinski definition) is 1. The zero-order valence-corrected chi connectivity index (χ0v) is 10.2. The minimum absolute atomic E-state index is 0.0215. The van der Waals surface area contributed by atoms with Crippen molar-refractivity contribution in [2.24, 2.45) is 0 Å². The Bertz CT molecular complexity index is 558. The predicted molar refractivity (Wildman–Crippen MR) is 62.8 cm³/mol. The molecule has 0 aromatic heterocycles. The van der Waals surface area contributed by atoms with Gasteiger partial charge in [0.1, 0.15) is 6.07 Å². The molecule has 1 fully saturated rings. The molecule has 1 aromatic rings. The maximum absolute atomic E-state index is 12.3. The number of rotatable bonds is 3. The summed E-state index contributed by atoms with van der Waals surface area (Å²) >= 11 is 0. The Kier molecular flexibility index (Phi) is 3.15. The van der Waals surface area contributed by atoms with Crippen molar-refractivity contribution in [3.05, 3.63) is 29.8 Å². The monoisotopic (exact) mass is 251 g/mol. The van der Waals surface area contributed by atoms with Gasteiger partial charge in [0.2, 0.25) is 10.0 Å². The van der Waals surface area contributed by atoms with E-state index in [1.54, 1.807) is 19.2 Å². The van der Waals surface area contributed by atoms with Gasteiger partial charge in [-0.05, 0) is 12.1 Å². The van der Waals surface area contributed by atoms with E-state index in [1.165, 1.54) is 16.4 Å². The largest absolute Gasteiger partial charge is 0.313 e. The molecule has 1 aliphatic heterocycles. The van der Waals surface area contributed by atoms with Gasteiger partial charge in [-0.3, -0.25) is 0 Å². The van der Waals surface area contributed by atoms with Crippen molar-refractivity contribution in [1.82, 2.24) is 9.62 Å². The van der Waals surface area contributed by atoms with Crippen LogP contribution in [0, 0.1) is 11.3 Å². The maximum Gasteiger partial charge on any atom is 0.244 e. The molecule has 1 aromatic carbocycles. The number of nitrogens with one attached hydrogen (secondary N) is 1. The number of nitriles is 1.